The fourth-order valence-corrected chi connectivity index (χ4v) is 2.08. The van der Waals surface area contributed by atoms with E-state index in [2.05, 4.69) is 0 Å². The minimum absolute atomic E-state index is 0.0529. The van der Waals surface area contributed by atoms with E-state index < -0.39 is 5.56 Å². The topological polar surface area (TPSA) is 75.2 Å². The van der Waals surface area contributed by atoms with Crippen molar-refractivity contribution >= 4 is 0 Å². The second-order valence-corrected chi connectivity index (χ2v) is 4.12. The van der Waals surface area contributed by atoms with Crippen LogP contribution in [0.25, 0.3) is 11.3 Å². The number of pyridine rings is 1. The lowest BCUT2D eigenvalue weighted by molar-refractivity contribution is 0.275. The molecule has 20 heavy (non-hydrogen) atoms. The predicted octanol–water partition coefficient (Wildman–Crippen LogP) is 1.39. The molecule has 1 aromatic carbocycles. The molecule has 0 radical (unpaired) electrons. The summed E-state index contributed by atoms with van der Waals surface area (Å²) in [5.41, 5.74) is 0.993. The van der Waals surface area contributed by atoms with Gasteiger partial charge in [0.05, 0.1) is 19.4 Å². The van der Waals surface area contributed by atoms with Crippen LogP contribution < -0.4 is 10.3 Å². The highest BCUT2D eigenvalue weighted by Gasteiger charge is 2.13. The number of rotatable bonds is 4. The molecular formula is C15H14N2O3. The Kier molecular flexibility index (Phi) is 4.18. The molecule has 0 unspecified atom stereocenters. The van der Waals surface area contributed by atoms with E-state index in [0.717, 1.165) is 5.56 Å². The zero-order chi connectivity index (χ0) is 14.5. The van der Waals surface area contributed by atoms with Crippen molar-refractivity contribution in [3.63, 3.8) is 0 Å². The van der Waals surface area contributed by atoms with Gasteiger partial charge in [0, 0.05) is 12.1 Å². The van der Waals surface area contributed by atoms with Gasteiger partial charge in [-0.25, -0.2) is 0 Å². The monoisotopic (exact) mass is 270 g/mol. The summed E-state index contributed by atoms with van der Waals surface area (Å²) in [5, 5.41) is 18.1. The van der Waals surface area contributed by atoms with Gasteiger partial charge in [0.2, 0.25) is 0 Å². The maximum Gasteiger partial charge on any atom is 0.269 e. The number of benzene rings is 1. The minimum Gasteiger partial charge on any atom is -0.496 e. The second-order valence-electron chi connectivity index (χ2n) is 4.12. The molecular weight excluding hydrogens is 256 g/mol. The third-order valence-corrected chi connectivity index (χ3v) is 3.00. The largest absolute Gasteiger partial charge is 0.496 e. The summed E-state index contributed by atoms with van der Waals surface area (Å²) in [6, 6.07) is 12.3. The molecule has 0 fully saturated rings. The zero-order valence-electron chi connectivity index (χ0n) is 11.0. The van der Waals surface area contributed by atoms with Crippen LogP contribution >= 0.6 is 0 Å². The van der Waals surface area contributed by atoms with Crippen LogP contribution in [0.5, 0.6) is 5.75 Å². The Bertz CT molecular complexity index is 714. The van der Waals surface area contributed by atoms with Gasteiger partial charge in [-0.2, -0.15) is 5.26 Å². The lowest BCUT2D eigenvalue weighted by Crippen LogP contribution is -2.25. The summed E-state index contributed by atoms with van der Waals surface area (Å²) in [7, 11) is 1.55. The molecule has 0 aliphatic carbocycles. The normalized spacial score (nSPS) is 10.1. The highest BCUT2D eigenvalue weighted by Crippen LogP contribution is 2.28. The first kappa shape index (κ1) is 13.8. The van der Waals surface area contributed by atoms with Crippen LogP contribution in [0.1, 0.15) is 5.56 Å². The van der Waals surface area contributed by atoms with E-state index in [1.165, 1.54) is 10.6 Å². The number of methoxy groups -OCH3 is 1. The van der Waals surface area contributed by atoms with Crippen molar-refractivity contribution in [1.29, 1.82) is 5.26 Å². The lowest BCUT2D eigenvalue weighted by atomic mass is 10.1. The number of hydrogen-bond donors (Lipinski definition) is 1. The van der Waals surface area contributed by atoms with Crippen molar-refractivity contribution in [2.75, 3.05) is 13.7 Å². The molecule has 102 valence electrons. The Morgan fingerprint density at radius 3 is 2.70 bits per heavy atom. The fourth-order valence-electron chi connectivity index (χ4n) is 2.08. The standard InChI is InChI=1S/C15H14N2O3/c1-20-14-5-3-2-4-12(14)13-7-6-11(10-16)15(19)17(13)8-9-18/h2-7,18H,8-9H2,1H3. The van der Waals surface area contributed by atoms with Gasteiger partial charge in [-0.15, -0.1) is 0 Å². The Hall–Kier alpha value is -2.58. The Morgan fingerprint density at radius 2 is 2.05 bits per heavy atom. The van der Waals surface area contributed by atoms with Crippen LogP contribution in [0.4, 0.5) is 0 Å². The van der Waals surface area contributed by atoms with Crippen molar-refractivity contribution < 1.29 is 9.84 Å². The van der Waals surface area contributed by atoms with Crippen LogP contribution in [-0.2, 0) is 6.54 Å². The van der Waals surface area contributed by atoms with E-state index in [-0.39, 0.29) is 18.7 Å². The van der Waals surface area contributed by atoms with Gasteiger partial charge < -0.3 is 14.4 Å². The van der Waals surface area contributed by atoms with Gasteiger partial charge in [-0.3, -0.25) is 4.79 Å². The van der Waals surface area contributed by atoms with Crippen LogP contribution in [0, 0.1) is 11.3 Å². The van der Waals surface area contributed by atoms with E-state index in [4.69, 9.17) is 15.1 Å². The number of aliphatic hydroxyl groups excluding tert-OH is 1. The van der Waals surface area contributed by atoms with Crippen molar-refractivity contribution in [2.45, 2.75) is 6.54 Å². The van der Waals surface area contributed by atoms with E-state index in [0.29, 0.717) is 11.4 Å². The smallest absolute Gasteiger partial charge is 0.269 e. The van der Waals surface area contributed by atoms with Crippen LogP contribution in [0.3, 0.4) is 0 Å². The number of aliphatic hydroxyl groups is 1. The first-order valence-corrected chi connectivity index (χ1v) is 6.11. The maximum atomic E-state index is 12.2. The second kappa shape index (κ2) is 6.04. The third kappa shape index (κ3) is 2.42. The maximum absolute atomic E-state index is 12.2. The predicted molar refractivity (Wildman–Crippen MR) is 74.5 cm³/mol. The summed E-state index contributed by atoms with van der Waals surface area (Å²) >= 11 is 0. The molecule has 0 spiro atoms. The van der Waals surface area contributed by atoms with Crippen LogP contribution in [0.2, 0.25) is 0 Å². The first-order valence-electron chi connectivity index (χ1n) is 6.11. The molecule has 2 aromatic rings. The molecule has 5 nitrogen and oxygen atoms in total. The number of para-hydroxylation sites is 1. The number of aromatic nitrogens is 1. The molecule has 1 N–H and O–H groups in total. The molecule has 5 heteroatoms. The van der Waals surface area contributed by atoms with E-state index >= 15 is 0 Å². The molecule has 0 saturated heterocycles. The summed E-state index contributed by atoms with van der Waals surface area (Å²) in [6.07, 6.45) is 0. The van der Waals surface area contributed by atoms with Crippen molar-refractivity contribution in [3.05, 3.63) is 52.3 Å². The average molecular weight is 270 g/mol. The van der Waals surface area contributed by atoms with E-state index in [9.17, 15) is 4.79 Å². The van der Waals surface area contributed by atoms with Gasteiger partial charge in [0.1, 0.15) is 17.4 Å². The number of nitriles is 1. The quantitative estimate of drug-likeness (QED) is 0.911. The number of nitrogens with zero attached hydrogens (tertiary/aromatic N) is 2. The summed E-state index contributed by atoms with van der Waals surface area (Å²) in [4.78, 5) is 12.2. The number of ether oxygens (including phenoxy) is 1. The third-order valence-electron chi connectivity index (χ3n) is 3.00. The van der Waals surface area contributed by atoms with Crippen molar-refractivity contribution in [1.82, 2.24) is 4.57 Å². The molecule has 1 heterocycles. The minimum atomic E-state index is -0.412. The van der Waals surface area contributed by atoms with Gasteiger partial charge in [-0.05, 0) is 24.3 Å². The van der Waals surface area contributed by atoms with Crippen molar-refractivity contribution in [3.8, 4) is 23.1 Å². The molecule has 0 aliphatic heterocycles. The molecule has 0 aliphatic rings. The van der Waals surface area contributed by atoms with E-state index in [1.54, 1.807) is 19.2 Å². The molecule has 0 amide bonds. The summed E-state index contributed by atoms with van der Waals surface area (Å²) in [6.45, 7) is -0.0569. The zero-order valence-corrected chi connectivity index (χ0v) is 11.0. The molecule has 0 bridgehead atoms. The van der Waals surface area contributed by atoms with Gasteiger partial charge in [-0.1, -0.05) is 12.1 Å². The Morgan fingerprint density at radius 1 is 1.30 bits per heavy atom. The lowest BCUT2D eigenvalue weighted by Gasteiger charge is -2.14. The highest BCUT2D eigenvalue weighted by atomic mass is 16.5. The molecule has 2 rings (SSSR count). The fraction of sp³-hybridized carbons (Fsp3) is 0.200. The molecule has 0 saturated carbocycles. The summed E-state index contributed by atoms with van der Waals surface area (Å²) < 4.78 is 6.67. The van der Waals surface area contributed by atoms with Crippen LogP contribution in [0.15, 0.2) is 41.2 Å². The van der Waals surface area contributed by atoms with E-state index in [1.807, 2.05) is 24.3 Å². The molecule has 0 atom stereocenters. The van der Waals surface area contributed by atoms with Crippen molar-refractivity contribution in [2.24, 2.45) is 0 Å². The Labute approximate surface area is 116 Å². The molecule has 1 aromatic heterocycles. The highest BCUT2D eigenvalue weighted by molar-refractivity contribution is 5.68. The SMILES string of the molecule is COc1ccccc1-c1ccc(C#N)c(=O)n1CCO. The van der Waals surface area contributed by atoms with Crippen LogP contribution in [-0.4, -0.2) is 23.4 Å². The van der Waals surface area contributed by atoms with Gasteiger partial charge >= 0.3 is 0 Å². The summed E-state index contributed by atoms with van der Waals surface area (Å²) in [5.74, 6) is 0.628. The van der Waals surface area contributed by atoms with Gasteiger partial charge in [0.15, 0.2) is 0 Å². The Balaban J connectivity index is 2.71. The van der Waals surface area contributed by atoms with Gasteiger partial charge in [0.25, 0.3) is 5.56 Å². The number of hydrogen-bond acceptors (Lipinski definition) is 4. The first-order chi connectivity index (χ1) is 9.72. The average Bonchev–Trinajstić information content (AvgIpc) is 2.49.